The van der Waals surface area contributed by atoms with Gasteiger partial charge in [-0.25, -0.2) is 4.39 Å². The van der Waals surface area contributed by atoms with Gasteiger partial charge in [-0.2, -0.15) is 13.2 Å². The molecule has 0 aliphatic carbocycles. The van der Waals surface area contributed by atoms with Crippen LogP contribution in [0, 0.1) is 5.82 Å². The number of nitrogens with two attached hydrogens (primary N) is 1. The summed E-state index contributed by atoms with van der Waals surface area (Å²) in [6.45, 7) is 2.14. The average molecular weight is 306 g/mol. The minimum atomic E-state index is -4.70. The van der Waals surface area contributed by atoms with Gasteiger partial charge < -0.3 is 11.1 Å². The van der Waals surface area contributed by atoms with Crippen molar-refractivity contribution in [3.63, 3.8) is 0 Å². The van der Waals surface area contributed by atoms with Gasteiger partial charge in [0.1, 0.15) is 5.82 Å². The minimum absolute atomic E-state index is 0.174. The van der Waals surface area contributed by atoms with Crippen molar-refractivity contribution in [2.75, 3.05) is 6.54 Å². The Kier molecular flexibility index (Phi) is 6.14. The molecule has 0 aliphatic heterocycles. The Hall–Kier alpha value is -1.63. The maximum Gasteiger partial charge on any atom is 0.416 e. The lowest BCUT2D eigenvalue weighted by atomic mass is 10.1. The fourth-order valence-corrected chi connectivity index (χ4v) is 1.85. The molecule has 0 saturated heterocycles. The number of unbranched alkanes of at least 4 members (excludes halogenated alkanes) is 1. The van der Waals surface area contributed by atoms with Crippen LogP contribution in [0.15, 0.2) is 18.2 Å². The van der Waals surface area contributed by atoms with E-state index in [4.69, 9.17) is 5.73 Å². The Labute approximate surface area is 120 Å². The van der Waals surface area contributed by atoms with E-state index in [1.165, 1.54) is 0 Å². The van der Waals surface area contributed by atoms with Crippen molar-refractivity contribution < 1.29 is 22.4 Å². The topological polar surface area (TPSA) is 55.1 Å². The lowest BCUT2D eigenvalue weighted by Gasteiger charge is -2.17. The van der Waals surface area contributed by atoms with Crippen LogP contribution in [-0.2, 0) is 6.18 Å². The van der Waals surface area contributed by atoms with Crippen LogP contribution in [0.1, 0.15) is 42.1 Å². The molecule has 0 aromatic heterocycles. The Morgan fingerprint density at radius 3 is 2.52 bits per heavy atom. The summed E-state index contributed by atoms with van der Waals surface area (Å²) in [6, 6.07) is 1.42. The Balaban J connectivity index is 2.89. The summed E-state index contributed by atoms with van der Waals surface area (Å²) in [7, 11) is 0. The predicted molar refractivity (Wildman–Crippen MR) is 71.2 cm³/mol. The molecule has 0 fully saturated rings. The van der Waals surface area contributed by atoms with Crippen LogP contribution < -0.4 is 11.1 Å². The van der Waals surface area contributed by atoms with Crippen molar-refractivity contribution >= 4 is 5.91 Å². The highest BCUT2D eigenvalue weighted by Gasteiger charge is 2.32. The zero-order valence-corrected chi connectivity index (χ0v) is 11.6. The predicted octanol–water partition coefficient (Wildman–Crippen LogP) is 3.09. The molecule has 1 amide bonds. The molecule has 7 heteroatoms. The molecule has 1 aromatic carbocycles. The van der Waals surface area contributed by atoms with Gasteiger partial charge in [0, 0.05) is 18.2 Å². The molecule has 0 radical (unpaired) electrons. The molecule has 21 heavy (non-hydrogen) atoms. The van der Waals surface area contributed by atoms with E-state index < -0.39 is 23.5 Å². The van der Waals surface area contributed by atoms with Crippen LogP contribution in [0.25, 0.3) is 0 Å². The van der Waals surface area contributed by atoms with Crippen molar-refractivity contribution in [1.29, 1.82) is 0 Å². The van der Waals surface area contributed by atoms with Gasteiger partial charge in [-0.15, -0.1) is 0 Å². The molecule has 1 atom stereocenters. The van der Waals surface area contributed by atoms with E-state index in [2.05, 4.69) is 5.32 Å². The summed E-state index contributed by atoms with van der Waals surface area (Å²) in [5, 5.41) is 2.53. The second-order valence-corrected chi connectivity index (χ2v) is 4.77. The van der Waals surface area contributed by atoms with Crippen LogP contribution >= 0.6 is 0 Å². The maximum atomic E-state index is 13.2. The summed E-state index contributed by atoms with van der Waals surface area (Å²) < 4.78 is 51.0. The highest BCUT2D eigenvalue weighted by Crippen LogP contribution is 2.30. The lowest BCUT2D eigenvalue weighted by molar-refractivity contribution is -0.137. The zero-order chi connectivity index (χ0) is 16.0. The van der Waals surface area contributed by atoms with E-state index >= 15 is 0 Å². The van der Waals surface area contributed by atoms with Crippen molar-refractivity contribution in [3.05, 3.63) is 35.1 Å². The van der Waals surface area contributed by atoms with E-state index in [9.17, 15) is 22.4 Å². The quantitative estimate of drug-likeness (QED) is 0.794. The van der Waals surface area contributed by atoms with Gasteiger partial charge in [-0.05, 0) is 24.6 Å². The molecule has 0 saturated carbocycles. The number of hydrogen-bond donors (Lipinski definition) is 2. The first-order valence-corrected chi connectivity index (χ1v) is 6.66. The molecule has 0 spiro atoms. The maximum absolute atomic E-state index is 13.2. The number of carbonyl (C=O) groups excluding carboxylic acids is 1. The third-order valence-electron chi connectivity index (χ3n) is 3.01. The number of rotatable bonds is 6. The van der Waals surface area contributed by atoms with Gasteiger partial charge in [0.2, 0.25) is 0 Å². The van der Waals surface area contributed by atoms with Crippen LogP contribution in [0.5, 0.6) is 0 Å². The smallest absolute Gasteiger partial charge is 0.348 e. The third kappa shape index (κ3) is 5.34. The van der Waals surface area contributed by atoms with E-state index in [1.54, 1.807) is 0 Å². The standard InChI is InChI=1S/C14H18F4N2O/c1-2-3-4-12(8-19)20-13(21)9-5-10(14(16,17)18)7-11(15)6-9/h5-7,12H,2-4,8,19H2,1H3,(H,20,21). The molecule has 1 unspecified atom stereocenters. The van der Waals surface area contributed by atoms with Crippen molar-refractivity contribution in [3.8, 4) is 0 Å². The highest BCUT2D eigenvalue weighted by molar-refractivity contribution is 5.94. The lowest BCUT2D eigenvalue weighted by Crippen LogP contribution is -2.40. The van der Waals surface area contributed by atoms with Gasteiger partial charge in [-0.3, -0.25) is 4.79 Å². The number of carbonyl (C=O) groups is 1. The average Bonchev–Trinajstić information content (AvgIpc) is 2.41. The van der Waals surface area contributed by atoms with Crippen LogP contribution in [0.4, 0.5) is 17.6 Å². The number of halogens is 4. The fourth-order valence-electron chi connectivity index (χ4n) is 1.85. The van der Waals surface area contributed by atoms with E-state index in [-0.39, 0.29) is 18.2 Å². The first kappa shape index (κ1) is 17.4. The van der Waals surface area contributed by atoms with Gasteiger partial charge in [0.25, 0.3) is 5.91 Å². The molecule has 0 heterocycles. The summed E-state index contributed by atoms with van der Waals surface area (Å²) in [4.78, 5) is 11.9. The molecular weight excluding hydrogens is 288 g/mol. The SMILES string of the molecule is CCCCC(CN)NC(=O)c1cc(F)cc(C(F)(F)F)c1. The second kappa shape index (κ2) is 7.40. The summed E-state index contributed by atoms with van der Waals surface area (Å²) in [6.07, 6.45) is -2.34. The molecule has 118 valence electrons. The van der Waals surface area contributed by atoms with E-state index in [0.717, 1.165) is 18.9 Å². The first-order valence-electron chi connectivity index (χ1n) is 6.66. The zero-order valence-electron chi connectivity index (χ0n) is 11.6. The molecular formula is C14H18F4N2O. The Morgan fingerprint density at radius 1 is 1.33 bits per heavy atom. The Morgan fingerprint density at radius 2 is 2.00 bits per heavy atom. The third-order valence-corrected chi connectivity index (χ3v) is 3.01. The molecule has 3 N–H and O–H groups in total. The number of benzene rings is 1. The van der Waals surface area contributed by atoms with Gasteiger partial charge >= 0.3 is 6.18 Å². The van der Waals surface area contributed by atoms with Crippen LogP contribution in [-0.4, -0.2) is 18.5 Å². The van der Waals surface area contributed by atoms with Gasteiger partial charge in [-0.1, -0.05) is 19.8 Å². The van der Waals surface area contributed by atoms with Crippen molar-refractivity contribution in [2.45, 2.75) is 38.4 Å². The normalized spacial score (nSPS) is 13.0. The first-order chi connectivity index (χ1) is 9.77. The summed E-state index contributed by atoms with van der Waals surface area (Å²) in [5.74, 6) is -1.86. The van der Waals surface area contributed by atoms with Crippen LogP contribution in [0.3, 0.4) is 0 Å². The van der Waals surface area contributed by atoms with E-state index in [0.29, 0.717) is 18.6 Å². The number of amides is 1. The molecule has 1 rings (SSSR count). The van der Waals surface area contributed by atoms with E-state index in [1.807, 2.05) is 6.92 Å². The minimum Gasteiger partial charge on any atom is -0.348 e. The number of nitrogens with one attached hydrogen (secondary N) is 1. The highest BCUT2D eigenvalue weighted by atomic mass is 19.4. The largest absolute Gasteiger partial charge is 0.416 e. The number of alkyl halides is 3. The number of hydrogen-bond acceptors (Lipinski definition) is 2. The van der Waals surface area contributed by atoms with Crippen molar-refractivity contribution in [1.82, 2.24) is 5.32 Å². The Bertz CT molecular complexity index is 488. The van der Waals surface area contributed by atoms with Crippen molar-refractivity contribution in [2.24, 2.45) is 5.73 Å². The fraction of sp³-hybridized carbons (Fsp3) is 0.500. The second-order valence-electron chi connectivity index (χ2n) is 4.77. The molecule has 3 nitrogen and oxygen atoms in total. The summed E-state index contributed by atoms with van der Waals surface area (Å²) >= 11 is 0. The summed E-state index contributed by atoms with van der Waals surface area (Å²) in [5.41, 5.74) is 3.95. The van der Waals surface area contributed by atoms with Crippen LogP contribution in [0.2, 0.25) is 0 Å². The van der Waals surface area contributed by atoms with Gasteiger partial charge in [0.15, 0.2) is 0 Å². The molecule has 1 aromatic rings. The molecule has 0 aliphatic rings. The monoisotopic (exact) mass is 306 g/mol. The molecule has 0 bridgehead atoms. The van der Waals surface area contributed by atoms with Gasteiger partial charge in [0.05, 0.1) is 5.56 Å².